The number of aromatic amines is 1. The first-order valence-electron chi connectivity index (χ1n) is 5.67. The van der Waals surface area contributed by atoms with Crippen molar-refractivity contribution in [2.75, 3.05) is 0 Å². The van der Waals surface area contributed by atoms with Gasteiger partial charge in [0, 0.05) is 0 Å². The van der Waals surface area contributed by atoms with Crippen LogP contribution in [-0.4, -0.2) is 9.55 Å². The van der Waals surface area contributed by atoms with Crippen LogP contribution in [0, 0.1) is 5.82 Å². The molecule has 0 saturated carbocycles. The first kappa shape index (κ1) is 11.4. The molecular formula is C14H9FN2O2. The number of nitrogens with zero attached hydrogens (tertiary/aromatic N) is 1. The number of nitrogens with one attached hydrogen (secondary N) is 1. The van der Waals surface area contributed by atoms with Crippen LogP contribution in [0.5, 0.6) is 0 Å². The van der Waals surface area contributed by atoms with Gasteiger partial charge in [0.15, 0.2) is 0 Å². The van der Waals surface area contributed by atoms with E-state index in [-0.39, 0.29) is 5.39 Å². The van der Waals surface area contributed by atoms with Gasteiger partial charge < -0.3 is 4.98 Å². The summed E-state index contributed by atoms with van der Waals surface area (Å²) in [4.78, 5) is 26.8. The first-order valence-corrected chi connectivity index (χ1v) is 5.67. The largest absolute Gasteiger partial charge is 0.333 e. The molecule has 1 heterocycles. The van der Waals surface area contributed by atoms with Gasteiger partial charge in [0.25, 0.3) is 5.56 Å². The van der Waals surface area contributed by atoms with Crippen LogP contribution in [0.3, 0.4) is 0 Å². The molecule has 1 aromatic heterocycles. The number of benzene rings is 2. The smallest absolute Gasteiger partial charge is 0.306 e. The van der Waals surface area contributed by atoms with Crippen molar-refractivity contribution in [3.63, 3.8) is 0 Å². The maximum atomic E-state index is 13.2. The molecule has 0 unspecified atom stereocenters. The monoisotopic (exact) mass is 256 g/mol. The third kappa shape index (κ3) is 1.85. The summed E-state index contributed by atoms with van der Waals surface area (Å²) in [6.07, 6.45) is 0. The lowest BCUT2D eigenvalue weighted by molar-refractivity contribution is 0.629. The average molecular weight is 256 g/mol. The Balaban J connectivity index is 2.44. The Kier molecular flexibility index (Phi) is 2.52. The topological polar surface area (TPSA) is 54.9 Å². The van der Waals surface area contributed by atoms with Crippen LogP contribution in [0.25, 0.3) is 16.6 Å². The number of hydrogen-bond acceptors (Lipinski definition) is 2. The Bertz CT molecular complexity index is 866. The second-order valence-corrected chi connectivity index (χ2v) is 4.10. The van der Waals surface area contributed by atoms with E-state index in [2.05, 4.69) is 4.98 Å². The van der Waals surface area contributed by atoms with E-state index < -0.39 is 17.1 Å². The van der Waals surface area contributed by atoms with Gasteiger partial charge in [-0.25, -0.2) is 13.8 Å². The van der Waals surface area contributed by atoms with E-state index in [1.165, 1.54) is 12.1 Å². The van der Waals surface area contributed by atoms with Gasteiger partial charge >= 0.3 is 5.69 Å². The zero-order valence-corrected chi connectivity index (χ0v) is 9.76. The van der Waals surface area contributed by atoms with E-state index in [0.717, 1.165) is 10.6 Å². The summed E-state index contributed by atoms with van der Waals surface area (Å²) in [6.45, 7) is 0. The number of H-pyrrole nitrogens is 1. The molecule has 3 aromatic rings. The summed E-state index contributed by atoms with van der Waals surface area (Å²) in [5.41, 5.74) is -0.316. The highest BCUT2D eigenvalue weighted by Crippen LogP contribution is 2.09. The van der Waals surface area contributed by atoms with Crippen molar-refractivity contribution in [3.05, 3.63) is 75.2 Å². The lowest BCUT2D eigenvalue weighted by Gasteiger charge is -2.06. The average Bonchev–Trinajstić information content (AvgIpc) is 2.41. The van der Waals surface area contributed by atoms with Gasteiger partial charge in [-0.3, -0.25) is 4.79 Å². The molecule has 0 aliphatic carbocycles. The van der Waals surface area contributed by atoms with Crippen molar-refractivity contribution in [2.24, 2.45) is 0 Å². The first-order chi connectivity index (χ1) is 9.16. The zero-order chi connectivity index (χ0) is 13.4. The summed E-state index contributed by atoms with van der Waals surface area (Å²) >= 11 is 0. The highest BCUT2D eigenvalue weighted by atomic mass is 19.1. The minimum Gasteiger partial charge on any atom is -0.306 e. The Hall–Kier alpha value is -2.69. The van der Waals surface area contributed by atoms with Crippen molar-refractivity contribution >= 4 is 10.9 Å². The molecular weight excluding hydrogens is 247 g/mol. The van der Waals surface area contributed by atoms with Crippen LogP contribution in [0.2, 0.25) is 0 Å². The molecule has 4 nitrogen and oxygen atoms in total. The molecule has 0 fully saturated rings. The van der Waals surface area contributed by atoms with E-state index in [9.17, 15) is 14.0 Å². The maximum absolute atomic E-state index is 13.2. The molecule has 0 saturated heterocycles. The van der Waals surface area contributed by atoms with Crippen molar-refractivity contribution < 1.29 is 4.39 Å². The molecule has 0 atom stereocenters. The van der Waals surface area contributed by atoms with Gasteiger partial charge in [0.05, 0.1) is 16.6 Å². The van der Waals surface area contributed by atoms with Crippen molar-refractivity contribution in [2.45, 2.75) is 0 Å². The van der Waals surface area contributed by atoms with Gasteiger partial charge in [0.2, 0.25) is 0 Å². The molecule has 19 heavy (non-hydrogen) atoms. The quantitative estimate of drug-likeness (QED) is 0.722. The van der Waals surface area contributed by atoms with Crippen LogP contribution in [-0.2, 0) is 0 Å². The van der Waals surface area contributed by atoms with Crippen LogP contribution in [0.15, 0.2) is 58.1 Å². The minimum atomic E-state index is -0.546. The summed E-state index contributed by atoms with van der Waals surface area (Å²) in [7, 11) is 0. The lowest BCUT2D eigenvalue weighted by atomic mass is 10.2. The highest BCUT2D eigenvalue weighted by Gasteiger charge is 2.09. The normalized spacial score (nSPS) is 10.8. The SMILES string of the molecule is O=c1[nH]c2ccc(F)cc2c(=O)n1-c1ccccc1. The molecule has 0 bridgehead atoms. The number of para-hydroxylation sites is 1. The second-order valence-electron chi connectivity index (χ2n) is 4.10. The third-order valence-electron chi connectivity index (χ3n) is 2.87. The summed E-state index contributed by atoms with van der Waals surface area (Å²) in [6, 6.07) is 12.2. The fourth-order valence-electron chi connectivity index (χ4n) is 2.00. The maximum Gasteiger partial charge on any atom is 0.333 e. The number of hydrogen-bond donors (Lipinski definition) is 1. The van der Waals surface area contributed by atoms with Gasteiger partial charge in [-0.2, -0.15) is 0 Å². The summed E-state index contributed by atoms with van der Waals surface area (Å²) in [5, 5.41) is 0.142. The fourth-order valence-corrected chi connectivity index (χ4v) is 2.00. The van der Waals surface area contributed by atoms with Crippen LogP contribution in [0.1, 0.15) is 0 Å². The van der Waals surface area contributed by atoms with E-state index in [1.54, 1.807) is 30.3 Å². The highest BCUT2D eigenvalue weighted by molar-refractivity contribution is 5.77. The van der Waals surface area contributed by atoms with Gasteiger partial charge in [0.1, 0.15) is 5.82 Å². The third-order valence-corrected chi connectivity index (χ3v) is 2.87. The van der Waals surface area contributed by atoms with Crippen molar-refractivity contribution in [1.29, 1.82) is 0 Å². The molecule has 0 amide bonds. The second kappa shape index (κ2) is 4.20. The molecule has 0 aliphatic rings. The van der Waals surface area contributed by atoms with Crippen LogP contribution in [0.4, 0.5) is 4.39 Å². The van der Waals surface area contributed by atoms with E-state index in [4.69, 9.17) is 0 Å². The molecule has 3 rings (SSSR count). The van der Waals surface area contributed by atoms with Crippen LogP contribution < -0.4 is 11.2 Å². The molecule has 0 spiro atoms. The van der Waals surface area contributed by atoms with E-state index in [1.807, 2.05) is 0 Å². The molecule has 5 heteroatoms. The Morgan fingerprint density at radius 3 is 2.47 bits per heavy atom. The van der Waals surface area contributed by atoms with E-state index >= 15 is 0 Å². The molecule has 94 valence electrons. The number of halogens is 1. The predicted molar refractivity (Wildman–Crippen MR) is 70.1 cm³/mol. The Morgan fingerprint density at radius 1 is 1.00 bits per heavy atom. The number of aromatic nitrogens is 2. The number of rotatable bonds is 1. The van der Waals surface area contributed by atoms with Crippen LogP contribution >= 0.6 is 0 Å². The summed E-state index contributed by atoms with van der Waals surface area (Å²) < 4.78 is 14.2. The van der Waals surface area contributed by atoms with Gasteiger partial charge in [-0.15, -0.1) is 0 Å². The zero-order valence-electron chi connectivity index (χ0n) is 9.76. The molecule has 0 radical (unpaired) electrons. The molecule has 0 aliphatic heterocycles. The Labute approximate surface area is 106 Å². The number of fused-ring (bicyclic) bond motifs is 1. The fraction of sp³-hybridized carbons (Fsp3) is 0. The van der Waals surface area contributed by atoms with E-state index in [0.29, 0.717) is 11.2 Å². The van der Waals surface area contributed by atoms with Gasteiger partial charge in [-0.1, -0.05) is 18.2 Å². The van der Waals surface area contributed by atoms with Crippen molar-refractivity contribution in [1.82, 2.24) is 9.55 Å². The summed E-state index contributed by atoms with van der Waals surface area (Å²) in [5.74, 6) is -0.517. The standard InChI is InChI=1S/C14H9FN2O2/c15-9-6-7-12-11(8-9)13(18)17(14(19)16-12)10-4-2-1-3-5-10/h1-8H,(H,16,19). The predicted octanol–water partition coefficient (Wildman–Crippen LogP) is 1.82. The van der Waals surface area contributed by atoms with Gasteiger partial charge in [-0.05, 0) is 30.3 Å². The van der Waals surface area contributed by atoms with Crippen molar-refractivity contribution in [3.8, 4) is 5.69 Å². The Morgan fingerprint density at radius 2 is 1.74 bits per heavy atom. The molecule has 2 aromatic carbocycles. The minimum absolute atomic E-state index is 0.142. The molecule has 1 N–H and O–H groups in total. The lowest BCUT2D eigenvalue weighted by Crippen LogP contribution is -2.33.